The van der Waals surface area contributed by atoms with Crippen molar-refractivity contribution < 1.29 is 23.1 Å². The lowest BCUT2D eigenvalue weighted by Gasteiger charge is -2.41. The topological polar surface area (TPSA) is 103 Å². The fraction of sp³-hybridized carbons (Fsp3) is 0.526. The van der Waals surface area contributed by atoms with Gasteiger partial charge in [-0.1, -0.05) is 11.1 Å². The van der Waals surface area contributed by atoms with E-state index in [1.54, 1.807) is 15.4 Å². The number of ether oxygens (including phenoxy) is 1. The lowest BCUT2D eigenvalue weighted by Crippen LogP contribution is -2.41. The summed E-state index contributed by atoms with van der Waals surface area (Å²) in [7, 11) is -1.86. The van der Waals surface area contributed by atoms with Crippen LogP contribution >= 0.6 is 30.9 Å². The summed E-state index contributed by atoms with van der Waals surface area (Å²) in [5.74, 6) is -0.375. The zero-order valence-electron chi connectivity index (χ0n) is 18.0. The van der Waals surface area contributed by atoms with Gasteiger partial charge in [0.2, 0.25) is 0 Å². The van der Waals surface area contributed by atoms with Gasteiger partial charge in [0.25, 0.3) is 0 Å². The smallest absolute Gasteiger partial charge is 0.434 e. The molecule has 0 saturated carbocycles. The van der Waals surface area contributed by atoms with Crippen LogP contribution in [-0.4, -0.2) is 61.8 Å². The van der Waals surface area contributed by atoms with E-state index in [0.717, 1.165) is 6.42 Å². The lowest BCUT2D eigenvalue weighted by atomic mass is 10.2. The first-order valence-corrected chi connectivity index (χ1v) is 12.8. The van der Waals surface area contributed by atoms with E-state index in [-0.39, 0.29) is 24.9 Å². The van der Waals surface area contributed by atoms with Gasteiger partial charge in [-0.2, -0.15) is 0 Å². The highest BCUT2D eigenvalue weighted by atomic mass is 35.5. The zero-order chi connectivity index (χ0) is 24.0. The summed E-state index contributed by atoms with van der Waals surface area (Å²) in [6.45, 7) is 1.84. The van der Waals surface area contributed by atoms with Crippen LogP contribution < -0.4 is 4.74 Å². The molecule has 1 aliphatic heterocycles. The minimum Gasteiger partial charge on any atom is -0.483 e. The molecule has 0 amide bonds. The van der Waals surface area contributed by atoms with E-state index < -0.39 is 18.4 Å². The molecular formula is C19H25Cl2FN5O5P. The molecule has 0 unspecified atom stereocenters. The highest BCUT2D eigenvalue weighted by molar-refractivity contribution is 7.54. The van der Waals surface area contributed by atoms with E-state index in [0.29, 0.717) is 49.2 Å². The molecule has 1 aliphatic rings. The number of benzene rings is 1. The molecule has 0 bridgehead atoms. The molecule has 10 nitrogen and oxygen atoms in total. The van der Waals surface area contributed by atoms with Crippen LogP contribution in [0.4, 0.5) is 10.3 Å². The number of halogens is 3. The predicted octanol–water partition coefficient (Wildman–Crippen LogP) is 4.16. The Balaban J connectivity index is 1.66. The van der Waals surface area contributed by atoms with Gasteiger partial charge in [-0.3, -0.25) is 4.57 Å². The Morgan fingerprint density at radius 3 is 2.42 bits per heavy atom. The number of hydrogen-bond donors (Lipinski definition) is 0. The van der Waals surface area contributed by atoms with Crippen molar-refractivity contribution in [1.29, 1.82) is 0 Å². The highest BCUT2D eigenvalue weighted by Crippen LogP contribution is 2.56. The number of aromatic nitrogens is 2. The molecule has 1 fully saturated rings. The highest BCUT2D eigenvalue weighted by Gasteiger charge is 2.41. The lowest BCUT2D eigenvalue weighted by molar-refractivity contribution is -0.396. The van der Waals surface area contributed by atoms with Gasteiger partial charge in [0.15, 0.2) is 17.3 Å². The molecule has 182 valence electrons. The second-order valence-corrected chi connectivity index (χ2v) is 10.4. The average Bonchev–Trinajstić information content (AvgIpc) is 3.15. The second-order valence-electron chi connectivity index (χ2n) is 7.32. The number of nitrogens with zero attached hydrogens (tertiary/aromatic N) is 5. The number of alkyl halides is 2. The van der Waals surface area contributed by atoms with Crippen LogP contribution in [0.5, 0.6) is 5.75 Å². The monoisotopic (exact) mass is 523 g/mol. The van der Waals surface area contributed by atoms with Crippen molar-refractivity contribution in [2.24, 2.45) is 7.05 Å². The van der Waals surface area contributed by atoms with Crippen molar-refractivity contribution in [2.75, 3.05) is 37.9 Å². The summed E-state index contributed by atoms with van der Waals surface area (Å²) >= 11 is 11.8. The first kappa shape index (κ1) is 25.9. The Morgan fingerprint density at radius 1 is 1.21 bits per heavy atom. The quantitative estimate of drug-likeness (QED) is 0.187. The molecule has 1 saturated heterocycles. The van der Waals surface area contributed by atoms with Gasteiger partial charge < -0.3 is 19.4 Å². The molecular weight excluding hydrogens is 499 g/mol. The van der Waals surface area contributed by atoms with Crippen molar-refractivity contribution in [1.82, 2.24) is 18.9 Å². The van der Waals surface area contributed by atoms with Crippen LogP contribution in [0.25, 0.3) is 0 Å². The molecule has 33 heavy (non-hydrogen) atoms. The largest absolute Gasteiger partial charge is 0.483 e. The Morgan fingerprint density at radius 2 is 1.88 bits per heavy atom. The maximum absolute atomic E-state index is 14.6. The minimum atomic E-state index is -3.34. The van der Waals surface area contributed by atoms with Crippen LogP contribution in [0.3, 0.4) is 0 Å². The van der Waals surface area contributed by atoms with Crippen molar-refractivity contribution >= 4 is 36.8 Å². The van der Waals surface area contributed by atoms with Crippen molar-refractivity contribution in [2.45, 2.75) is 19.6 Å². The predicted molar refractivity (Wildman–Crippen MR) is 122 cm³/mol. The average molecular weight is 524 g/mol. The molecule has 2 heterocycles. The molecule has 1 aromatic carbocycles. The third-order valence-corrected chi connectivity index (χ3v) is 8.26. The van der Waals surface area contributed by atoms with Crippen LogP contribution in [0.1, 0.15) is 17.7 Å². The van der Waals surface area contributed by atoms with Crippen LogP contribution in [0.15, 0.2) is 24.4 Å². The number of nitro groups is 1. The van der Waals surface area contributed by atoms with Gasteiger partial charge in [-0.15, -0.1) is 23.2 Å². The maximum Gasteiger partial charge on any atom is 0.434 e. The van der Waals surface area contributed by atoms with Crippen LogP contribution in [-0.2, 0) is 29.4 Å². The van der Waals surface area contributed by atoms with Gasteiger partial charge in [0.05, 0.1) is 13.7 Å². The number of hydrogen-bond acceptors (Lipinski definition) is 6. The molecule has 3 rings (SSSR count). The third kappa shape index (κ3) is 6.03. The standard InChI is InChI=1S/C19H25Cl2FN5O5P/c1-24-16(12-23-19(24)27(28)29)14-31-18-4-3-15(11-17(18)22)13-32-33(30)25(9-5-20)7-2-8-26(33)10-6-21/h3-4,11-12H,2,5-10,13-14H2,1H3. The molecule has 0 radical (unpaired) electrons. The van der Waals surface area contributed by atoms with Gasteiger partial charge in [-0.25, -0.2) is 18.3 Å². The van der Waals surface area contributed by atoms with Crippen molar-refractivity contribution in [3.05, 3.63) is 51.6 Å². The minimum absolute atomic E-state index is 0.0283. The molecule has 0 aliphatic carbocycles. The van der Waals surface area contributed by atoms with Crippen LogP contribution in [0, 0.1) is 15.9 Å². The molecule has 1 aromatic heterocycles. The summed E-state index contributed by atoms with van der Waals surface area (Å²) in [5, 5.41) is 10.9. The molecule has 0 N–H and O–H groups in total. The van der Waals surface area contributed by atoms with E-state index in [2.05, 4.69) is 4.98 Å². The third-order valence-electron chi connectivity index (χ3n) is 5.23. The Kier molecular flexibility index (Phi) is 9.09. The van der Waals surface area contributed by atoms with Gasteiger partial charge in [0.1, 0.15) is 12.8 Å². The Labute approximate surface area is 200 Å². The molecule has 0 atom stereocenters. The molecule has 2 aromatic rings. The number of rotatable bonds is 11. The zero-order valence-corrected chi connectivity index (χ0v) is 20.4. The van der Waals surface area contributed by atoms with E-state index >= 15 is 0 Å². The Hall–Kier alpha value is -1.75. The van der Waals surface area contributed by atoms with Gasteiger partial charge in [0, 0.05) is 37.9 Å². The van der Waals surface area contributed by atoms with E-state index in [1.165, 1.54) is 29.9 Å². The van der Waals surface area contributed by atoms with Crippen LogP contribution in [0.2, 0.25) is 0 Å². The second kappa shape index (κ2) is 11.6. The Bertz CT molecular complexity index is 1000. The van der Waals surface area contributed by atoms with Crippen molar-refractivity contribution in [3.63, 3.8) is 0 Å². The van der Waals surface area contributed by atoms with E-state index in [1.807, 2.05) is 0 Å². The van der Waals surface area contributed by atoms with E-state index in [9.17, 15) is 19.1 Å². The summed E-state index contributed by atoms with van der Waals surface area (Å²) < 4.78 is 44.3. The number of imidazole rings is 1. The summed E-state index contributed by atoms with van der Waals surface area (Å²) in [4.78, 5) is 14.0. The van der Waals surface area contributed by atoms with Crippen molar-refractivity contribution in [3.8, 4) is 5.75 Å². The first-order chi connectivity index (χ1) is 15.8. The van der Waals surface area contributed by atoms with Gasteiger partial charge in [-0.05, 0) is 29.0 Å². The fourth-order valence-electron chi connectivity index (χ4n) is 3.50. The fourth-order valence-corrected chi connectivity index (χ4v) is 6.64. The molecule has 0 spiro atoms. The molecule has 14 heteroatoms. The maximum atomic E-state index is 14.6. The summed E-state index contributed by atoms with van der Waals surface area (Å²) in [6.07, 6.45) is 2.13. The first-order valence-electron chi connectivity index (χ1n) is 10.2. The van der Waals surface area contributed by atoms with E-state index in [4.69, 9.17) is 32.5 Å². The summed E-state index contributed by atoms with van der Waals surface area (Å²) in [6, 6.07) is 4.29. The van der Waals surface area contributed by atoms with Gasteiger partial charge >= 0.3 is 13.6 Å². The normalized spacial score (nSPS) is 16.7. The summed E-state index contributed by atoms with van der Waals surface area (Å²) in [5.41, 5.74) is 0.899. The SMILES string of the molecule is Cn1c(COc2ccc(COP3(=O)N(CCCl)CCCN3CCCl)cc2F)cnc1[N+](=O)[O-].